The molecule has 4 rings (SSSR count). The van der Waals surface area contributed by atoms with Crippen molar-refractivity contribution in [3.63, 3.8) is 0 Å². The summed E-state index contributed by atoms with van der Waals surface area (Å²) in [5, 5.41) is 7.29. The third kappa shape index (κ3) is 5.13. The summed E-state index contributed by atoms with van der Waals surface area (Å²) in [4.78, 5) is 13.1. The molecule has 0 atom stereocenters. The number of nitrogens with zero attached hydrogens (tertiary/aromatic N) is 2. The number of benzene rings is 3. The monoisotopic (exact) mass is 457 g/mol. The minimum atomic E-state index is -0.145. The molecule has 4 nitrogen and oxygen atoms in total. The maximum Gasteiger partial charge on any atom is 0.256 e. The first kappa shape index (κ1) is 19.9. The van der Waals surface area contributed by atoms with E-state index >= 15 is 0 Å². The molecule has 0 saturated carbocycles. The summed E-state index contributed by atoms with van der Waals surface area (Å²) in [6, 6.07) is 27.4. The Kier molecular flexibility index (Phi) is 6.20. The summed E-state index contributed by atoms with van der Waals surface area (Å²) in [5.41, 5.74) is 4.33. The Morgan fingerprint density at radius 2 is 1.60 bits per heavy atom. The quantitative estimate of drug-likeness (QED) is 0.290. The van der Waals surface area contributed by atoms with Gasteiger partial charge in [0.15, 0.2) is 0 Å². The van der Waals surface area contributed by atoms with Gasteiger partial charge in [-0.2, -0.15) is 5.10 Å². The second-order valence-electron chi connectivity index (χ2n) is 6.84. The zero-order chi connectivity index (χ0) is 20.8. The van der Waals surface area contributed by atoms with E-state index in [0.29, 0.717) is 12.1 Å². The minimum absolute atomic E-state index is 0.145. The summed E-state index contributed by atoms with van der Waals surface area (Å²) in [6.07, 6.45) is 5.60. The molecule has 0 aliphatic rings. The van der Waals surface area contributed by atoms with E-state index in [4.69, 9.17) is 0 Å². The summed E-state index contributed by atoms with van der Waals surface area (Å²) < 4.78 is 2.80. The maximum atomic E-state index is 13.1. The van der Waals surface area contributed by atoms with Gasteiger partial charge in [-0.3, -0.25) is 9.48 Å². The fourth-order valence-electron chi connectivity index (χ4n) is 3.12. The van der Waals surface area contributed by atoms with Gasteiger partial charge in [0, 0.05) is 17.5 Å². The first-order valence-electron chi connectivity index (χ1n) is 9.58. The van der Waals surface area contributed by atoms with E-state index in [-0.39, 0.29) is 5.91 Å². The first-order chi connectivity index (χ1) is 14.7. The molecule has 0 aliphatic heterocycles. The number of amides is 1. The molecule has 1 heterocycles. The predicted octanol–water partition coefficient (Wildman–Crippen LogP) is 5.87. The molecule has 4 aromatic rings. The molecule has 0 unspecified atom stereocenters. The lowest BCUT2D eigenvalue weighted by Crippen LogP contribution is -2.13. The van der Waals surface area contributed by atoms with Crippen LogP contribution in [0.25, 0.3) is 11.6 Å². The van der Waals surface area contributed by atoms with E-state index in [1.807, 2.05) is 102 Å². The van der Waals surface area contributed by atoms with Crippen LogP contribution in [0.2, 0.25) is 0 Å². The Morgan fingerprint density at radius 3 is 2.23 bits per heavy atom. The van der Waals surface area contributed by atoms with E-state index in [1.165, 1.54) is 0 Å². The molecule has 0 bridgehead atoms. The Morgan fingerprint density at radius 1 is 0.933 bits per heavy atom. The fourth-order valence-corrected chi connectivity index (χ4v) is 3.45. The van der Waals surface area contributed by atoms with Crippen molar-refractivity contribution in [2.75, 3.05) is 5.32 Å². The van der Waals surface area contributed by atoms with Gasteiger partial charge in [-0.25, -0.2) is 0 Å². The lowest BCUT2D eigenvalue weighted by Gasteiger charge is -2.11. The normalized spacial score (nSPS) is 11.3. The van der Waals surface area contributed by atoms with Crippen LogP contribution < -0.4 is 5.32 Å². The van der Waals surface area contributed by atoms with Crippen LogP contribution in [0.1, 0.15) is 16.7 Å². The van der Waals surface area contributed by atoms with Crippen LogP contribution in [-0.2, 0) is 11.3 Å². The smallest absolute Gasteiger partial charge is 0.256 e. The number of hydrogen-bond acceptors (Lipinski definition) is 2. The molecule has 3 aromatic carbocycles. The van der Waals surface area contributed by atoms with Crippen molar-refractivity contribution in [2.24, 2.45) is 0 Å². The highest BCUT2D eigenvalue weighted by Gasteiger charge is 2.12. The minimum Gasteiger partial charge on any atom is -0.322 e. The van der Waals surface area contributed by atoms with E-state index < -0.39 is 0 Å². The molecule has 0 spiro atoms. The van der Waals surface area contributed by atoms with Crippen LogP contribution in [0.5, 0.6) is 0 Å². The Labute approximate surface area is 184 Å². The third-order valence-corrected chi connectivity index (χ3v) is 5.01. The summed E-state index contributed by atoms with van der Waals surface area (Å²) in [7, 11) is 0. The first-order valence-corrected chi connectivity index (χ1v) is 10.4. The number of anilines is 1. The van der Waals surface area contributed by atoms with Crippen molar-refractivity contribution in [2.45, 2.75) is 6.54 Å². The van der Waals surface area contributed by atoms with Crippen molar-refractivity contribution in [1.29, 1.82) is 0 Å². The van der Waals surface area contributed by atoms with Crippen LogP contribution in [0, 0.1) is 0 Å². The maximum absolute atomic E-state index is 13.1. The molecular weight excluding hydrogens is 438 g/mol. The van der Waals surface area contributed by atoms with Gasteiger partial charge in [-0.15, -0.1) is 0 Å². The van der Waals surface area contributed by atoms with Crippen LogP contribution in [0.4, 0.5) is 5.69 Å². The van der Waals surface area contributed by atoms with Gasteiger partial charge in [-0.1, -0.05) is 72.8 Å². The molecule has 1 amide bonds. The van der Waals surface area contributed by atoms with E-state index in [2.05, 4.69) is 26.3 Å². The lowest BCUT2D eigenvalue weighted by atomic mass is 10.0. The van der Waals surface area contributed by atoms with Crippen molar-refractivity contribution < 1.29 is 4.79 Å². The van der Waals surface area contributed by atoms with E-state index in [9.17, 15) is 4.79 Å². The summed E-state index contributed by atoms with van der Waals surface area (Å²) in [5.74, 6) is -0.145. The van der Waals surface area contributed by atoms with Crippen molar-refractivity contribution in [3.05, 3.63) is 118 Å². The lowest BCUT2D eigenvalue weighted by molar-refractivity contribution is -0.111. The van der Waals surface area contributed by atoms with Crippen LogP contribution in [0.15, 0.2) is 102 Å². The summed E-state index contributed by atoms with van der Waals surface area (Å²) >= 11 is 3.40. The number of carbonyl (C=O) groups is 1. The largest absolute Gasteiger partial charge is 0.322 e. The molecule has 148 valence electrons. The zero-order valence-corrected chi connectivity index (χ0v) is 17.8. The molecule has 0 fully saturated rings. The molecule has 0 saturated heterocycles. The Hall–Kier alpha value is -3.44. The number of nitrogens with one attached hydrogen (secondary N) is 1. The van der Waals surface area contributed by atoms with Crippen molar-refractivity contribution in [1.82, 2.24) is 9.78 Å². The number of hydrogen-bond donors (Lipinski definition) is 1. The molecular formula is C25H20BrN3O. The van der Waals surface area contributed by atoms with Gasteiger partial charge in [0.05, 0.1) is 17.2 Å². The average molecular weight is 458 g/mol. The topological polar surface area (TPSA) is 46.9 Å². The number of aromatic nitrogens is 2. The Bertz CT molecular complexity index is 1150. The Balaban J connectivity index is 1.53. The second-order valence-corrected chi connectivity index (χ2v) is 7.76. The number of halogens is 1. The molecule has 1 aromatic heterocycles. The van der Waals surface area contributed by atoms with E-state index in [1.54, 1.807) is 6.20 Å². The molecule has 1 N–H and O–H groups in total. The molecule has 0 radical (unpaired) electrons. The van der Waals surface area contributed by atoms with Gasteiger partial charge >= 0.3 is 0 Å². The second kappa shape index (κ2) is 9.37. The van der Waals surface area contributed by atoms with Crippen molar-refractivity contribution in [3.8, 4) is 0 Å². The highest BCUT2D eigenvalue weighted by Crippen LogP contribution is 2.21. The standard InChI is InChI=1S/C25H20BrN3O/c26-22-16-27-29(18-22)17-20-11-13-23(14-12-20)28-25(30)24(21-9-5-2-6-10-21)15-19-7-3-1-4-8-19/h1-16,18H,17H2,(H,28,30)/b24-15+. The van der Waals surface area contributed by atoms with Crippen LogP contribution in [0.3, 0.4) is 0 Å². The summed E-state index contributed by atoms with van der Waals surface area (Å²) in [6.45, 7) is 0.670. The van der Waals surface area contributed by atoms with Gasteiger partial charge in [0.25, 0.3) is 5.91 Å². The van der Waals surface area contributed by atoms with Gasteiger partial charge in [-0.05, 0) is 50.8 Å². The molecule has 0 aliphatic carbocycles. The van der Waals surface area contributed by atoms with Crippen LogP contribution in [-0.4, -0.2) is 15.7 Å². The van der Waals surface area contributed by atoms with Gasteiger partial charge < -0.3 is 5.32 Å². The third-order valence-electron chi connectivity index (χ3n) is 4.60. The predicted molar refractivity (Wildman–Crippen MR) is 125 cm³/mol. The molecule has 30 heavy (non-hydrogen) atoms. The SMILES string of the molecule is O=C(Nc1ccc(Cn2cc(Br)cn2)cc1)/C(=C/c1ccccc1)c1ccccc1. The van der Waals surface area contributed by atoms with Crippen LogP contribution >= 0.6 is 15.9 Å². The van der Waals surface area contributed by atoms with E-state index in [0.717, 1.165) is 26.9 Å². The number of rotatable bonds is 6. The highest BCUT2D eigenvalue weighted by molar-refractivity contribution is 9.10. The molecule has 5 heteroatoms. The van der Waals surface area contributed by atoms with Gasteiger partial charge in [0.1, 0.15) is 0 Å². The highest BCUT2D eigenvalue weighted by atomic mass is 79.9. The van der Waals surface area contributed by atoms with Gasteiger partial charge in [0.2, 0.25) is 0 Å². The number of carbonyl (C=O) groups excluding carboxylic acids is 1. The zero-order valence-electron chi connectivity index (χ0n) is 16.2. The fraction of sp³-hybridized carbons (Fsp3) is 0.0400. The van der Waals surface area contributed by atoms with Crippen molar-refractivity contribution >= 4 is 39.2 Å². The average Bonchev–Trinajstić information content (AvgIpc) is 3.19.